The van der Waals surface area contributed by atoms with Crippen LogP contribution in [0.2, 0.25) is 0 Å². The Morgan fingerprint density at radius 1 is 0.765 bits per heavy atom. The van der Waals surface area contributed by atoms with Crippen molar-refractivity contribution in [1.82, 2.24) is 21.3 Å². The molecule has 4 amide bonds. The maximum atomic E-state index is 12.3. The first kappa shape index (κ1) is 44.8. The first-order valence-electron chi connectivity index (χ1n) is 17.3. The molecular weight excluding hydrogens is 670 g/mol. The van der Waals surface area contributed by atoms with E-state index >= 15 is 0 Å². The van der Waals surface area contributed by atoms with Gasteiger partial charge in [-0.2, -0.15) is 0 Å². The number of ether oxygens (including phenoxy) is 5. The first-order chi connectivity index (χ1) is 24.2. The van der Waals surface area contributed by atoms with Crippen molar-refractivity contribution in [3.63, 3.8) is 0 Å². The first-order valence-corrected chi connectivity index (χ1v) is 17.3. The number of nitrogens with one attached hydrogen (secondary N) is 4. The molecule has 17 nitrogen and oxygen atoms in total. The minimum absolute atomic E-state index is 0.0882. The van der Waals surface area contributed by atoms with Crippen LogP contribution in [0.4, 0.5) is 0 Å². The third-order valence-electron chi connectivity index (χ3n) is 7.52. The summed E-state index contributed by atoms with van der Waals surface area (Å²) in [4.78, 5) is 83.4. The Hall–Kier alpha value is -4.27. The van der Waals surface area contributed by atoms with E-state index in [2.05, 4.69) is 27.2 Å². The molecule has 1 aliphatic heterocycles. The molecule has 288 valence electrons. The number of rotatable bonds is 24. The van der Waals surface area contributed by atoms with E-state index < -0.39 is 60.5 Å². The van der Waals surface area contributed by atoms with Crippen LogP contribution in [0.5, 0.6) is 0 Å². The second-order valence-electron chi connectivity index (χ2n) is 12.1. The van der Waals surface area contributed by atoms with Crippen LogP contribution >= 0.6 is 0 Å². The Morgan fingerprint density at radius 2 is 1.37 bits per heavy atom. The number of hydrogen-bond acceptors (Lipinski definition) is 13. The molecule has 1 aliphatic rings. The summed E-state index contributed by atoms with van der Waals surface area (Å²) in [6.07, 6.45) is 5.93. The second kappa shape index (κ2) is 25.6. The zero-order valence-electron chi connectivity index (χ0n) is 30.1. The van der Waals surface area contributed by atoms with Crippen molar-refractivity contribution in [3.8, 4) is 12.3 Å². The molecule has 17 heteroatoms. The standard InChI is InChI=1S/C34H55N5O12/c1-6-17-36-28(44)15-8-7-11-19-38-33(46)26(35)14-9-12-18-37-29(45)16-10-13-20-47-34-30(39-22(2)40)32(50-25(5)43)31(49-24(4)42)27(51-34)21-48-23(3)41/h1,26-27,30-32,34H,7-21,35H2,2-5H3,(H,36,44)(H,37,45)(H,38,46)(H,39,40)/t26-,27?,30?,31?,32?,34?/m1/s1. The molecule has 0 aromatic heterocycles. The predicted octanol–water partition coefficient (Wildman–Crippen LogP) is -0.131. The number of terminal acetylenes is 1. The third kappa shape index (κ3) is 20.2. The smallest absolute Gasteiger partial charge is 0.303 e. The summed E-state index contributed by atoms with van der Waals surface area (Å²) in [6.45, 7) is 5.63. The zero-order chi connectivity index (χ0) is 38.2. The van der Waals surface area contributed by atoms with Crippen LogP contribution in [0.1, 0.15) is 91.9 Å². The Bertz CT molecular complexity index is 1190. The van der Waals surface area contributed by atoms with Crippen molar-refractivity contribution in [3.05, 3.63) is 0 Å². The number of nitrogens with two attached hydrogens (primary N) is 1. The number of hydrogen-bond donors (Lipinski definition) is 5. The fraction of sp³-hybridized carbons (Fsp3) is 0.735. The van der Waals surface area contributed by atoms with Gasteiger partial charge in [0.05, 0.1) is 12.6 Å². The topological polar surface area (TPSA) is 240 Å². The molecule has 1 heterocycles. The lowest BCUT2D eigenvalue weighted by Gasteiger charge is -2.44. The number of amides is 4. The van der Waals surface area contributed by atoms with E-state index in [1.807, 2.05) is 0 Å². The van der Waals surface area contributed by atoms with Crippen LogP contribution in [0, 0.1) is 12.3 Å². The molecule has 0 spiro atoms. The van der Waals surface area contributed by atoms with E-state index in [4.69, 9.17) is 35.8 Å². The summed E-state index contributed by atoms with van der Waals surface area (Å²) in [5.41, 5.74) is 5.98. The van der Waals surface area contributed by atoms with Gasteiger partial charge in [-0.15, -0.1) is 6.42 Å². The highest BCUT2D eigenvalue weighted by molar-refractivity contribution is 5.81. The molecule has 0 saturated carbocycles. The highest BCUT2D eigenvalue weighted by atomic mass is 16.7. The molecule has 51 heavy (non-hydrogen) atoms. The van der Waals surface area contributed by atoms with Crippen LogP contribution in [0.15, 0.2) is 0 Å². The average Bonchev–Trinajstić information content (AvgIpc) is 3.05. The van der Waals surface area contributed by atoms with Gasteiger partial charge in [0.1, 0.15) is 18.8 Å². The van der Waals surface area contributed by atoms with Gasteiger partial charge in [0, 0.05) is 60.2 Å². The number of carbonyl (C=O) groups excluding carboxylic acids is 7. The summed E-state index contributed by atoms with van der Waals surface area (Å²) >= 11 is 0. The van der Waals surface area contributed by atoms with Gasteiger partial charge >= 0.3 is 17.9 Å². The highest BCUT2D eigenvalue weighted by Crippen LogP contribution is 2.28. The maximum absolute atomic E-state index is 12.3. The summed E-state index contributed by atoms with van der Waals surface area (Å²) in [7, 11) is 0. The van der Waals surface area contributed by atoms with E-state index in [1.54, 1.807) is 0 Å². The van der Waals surface area contributed by atoms with Gasteiger partial charge in [-0.25, -0.2) is 0 Å². The van der Waals surface area contributed by atoms with E-state index in [1.165, 1.54) is 13.8 Å². The molecule has 0 aromatic carbocycles. The molecule has 0 aliphatic carbocycles. The molecule has 0 bridgehead atoms. The summed E-state index contributed by atoms with van der Waals surface area (Å²) in [6, 6.07) is -1.72. The Balaban J connectivity index is 2.42. The summed E-state index contributed by atoms with van der Waals surface area (Å²) in [5.74, 6) is -0.653. The van der Waals surface area contributed by atoms with Crippen LogP contribution in [-0.4, -0.2) is 111 Å². The molecule has 6 N–H and O–H groups in total. The van der Waals surface area contributed by atoms with Crippen molar-refractivity contribution < 1.29 is 57.2 Å². The van der Waals surface area contributed by atoms with Crippen molar-refractivity contribution in [1.29, 1.82) is 0 Å². The maximum Gasteiger partial charge on any atom is 0.303 e. The Labute approximate surface area is 299 Å². The Kier molecular flexibility index (Phi) is 22.5. The number of esters is 3. The van der Waals surface area contributed by atoms with Crippen molar-refractivity contribution in [2.75, 3.05) is 32.8 Å². The van der Waals surface area contributed by atoms with Gasteiger partial charge < -0.3 is 50.7 Å². The second-order valence-corrected chi connectivity index (χ2v) is 12.1. The van der Waals surface area contributed by atoms with Gasteiger partial charge in [-0.3, -0.25) is 33.6 Å². The van der Waals surface area contributed by atoms with Crippen LogP contribution < -0.4 is 27.0 Å². The lowest BCUT2D eigenvalue weighted by molar-refractivity contribution is -0.277. The number of unbranched alkanes of at least 4 members (excludes halogenated alkanes) is 4. The van der Waals surface area contributed by atoms with Gasteiger partial charge in [0.25, 0.3) is 0 Å². The number of carbonyl (C=O) groups is 7. The minimum atomic E-state index is -1.22. The molecule has 1 saturated heterocycles. The van der Waals surface area contributed by atoms with Gasteiger partial charge in [-0.1, -0.05) is 12.3 Å². The minimum Gasteiger partial charge on any atom is -0.463 e. The zero-order valence-corrected chi connectivity index (χ0v) is 30.1. The van der Waals surface area contributed by atoms with Crippen LogP contribution in [-0.2, 0) is 57.2 Å². The van der Waals surface area contributed by atoms with Crippen LogP contribution in [0.25, 0.3) is 0 Å². The average molecular weight is 726 g/mol. The molecule has 0 aromatic rings. The predicted molar refractivity (Wildman–Crippen MR) is 182 cm³/mol. The molecule has 0 radical (unpaired) electrons. The molecule has 1 rings (SSSR count). The van der Waals surface area contributed by atoms with Crippen molar-refractivity contribution in [2.24, 2.45) is 5.73 Å². The molecule has 1 fully saturated rings. The molecule has 5 unspecified atom stereocenters. The van der Waals surface area contributed by atoms with Crippen LogP contribution in [0.3, 0.4) is 0 Å². The quantitative estimate of drug-likeness (QED) is 0.0378. The summed E-state index contributed by atoms with van der Waals surface area (Å²) in [5, 5.41) is 10.9. The van der Waals surface area contributed by atoms with E-state index in [0.717, 1.165) is 26.7 Å². The fourth-order valence-corrected chi connectivity index (χ4v) is 5.12. The van der Waals surface area contributed by atoms with Gasteiger partial charge in [-0.05, 0) is 44.9 Å². The van der Waals surface area contributed by atoms with Gasteiger partial charge in [0.2, 0.25) is 23.6 Å². The van der Waals surface area contributed by atoms with Crippen molar-refractivity contribution in [2.45, 2.75) is 129 Å². The highest BCUT2D eigenvalue weighted by Gasteiger charge is 2.51. The Morgan fingerprint density at radius 3 is 2.00 bits per heavy atom. The monoisotopic (exact) mass is 725 g/mol. The third-order valence-corrected chi connectivity index (χ3v) is 7.52. The van der Waals surface area contributed by atoms with E-state index in [0.29, 0.717) is 58.0 Å². The van der Waals surface area contributed by atoms with E-state index in [9.17, 15) is 33.6 Å². The van der Waals surface area contributed by atoms with Gasteiger partial charge in [0.15, 0.2) is 18.5 Å². The largest absolute Gasteiger partial charge is 0.463 e. The fourth-order valence-electron chi connectivity index (χ4n) is 5.12. The SMILES string of the molecule is C#CCNC(=O)CCCCCNC(=O)[C@H](N)CCCCNC(=O)CCCCOC1OC(COC(C)=O)C(OC(C)=O)C(OC(C)=O)C1NC(C)=O. The normalized spacial score (nSPS) is 20.1. The molecular formula is C34H55N5O12. The summed E-state index contributed by atoms with van der Waals surface area (Å²) < 4.78 is 27.7. The van der Waals surface area contributed by atoms with E-state index in [-0.39, 0.29) is 43.9 Å². The lowest BCUT2D eigenvalue weighted by atomic mass is 9.96. The van der Waals surface area contributed by atoms with Crippen molar-refractivity contribution >= 4 is 41.5 Å². The lowest BCUT2D eigenvalue weighted by Crippen LogP contribution is -2.66. The molecule has 6 atom stereocenters.